The molecule has 0 atom stereocenters. The fourth-order valence-electron chi connectivity index (χ4n) is 1.25. The Hall–Kier alpha value is -2.10. The highest BCUT2D eigenvalue weighted by molar-refractivity contribution is 5.49. The molecular weight excluding hydrogens is 202 g/mol. The second kappa shape index (κ2) is 4.18. The number of hydrogen-bond acceptors (Lipinski definition) is 4. The van der Waals surface area contributed by atoms with E-state index in [2.05, 4.69) is 9.97 Å². The van der Waals surface area contributed by atoms with E-state index in [9.17, 15) is 0 Å². The lowest BCUT2D eigenvalue weighted by molar-refractivity contribution is 0.462. The summed E-state index contributed by atoms with van der Waals surface area (Å²) in [6.07, 6.45) is 1.65. The summed E-state index contributed by atoms with van der Waals surface area (Å²) in [5, 5.41) is 0. The third-order valence-electron chi connectivity index (χ3n) is 2.13. The molecule has 0 spiro atoms. The number of pyridine rings is 2. The van der Waals surface area contributed by atoms with Crippen molar-refractivity contribution in [2.45, 2.75) is 13.8 Å². The van der Waals surface area contributed by atoms with Gasteiger partial charge in [-0.15, -0.1) is 0 Å². The summed E-state index contributed by atoms with van der Waals surface area (Å²) in [4.78, 5) is 8.35. The van der Waals surface area contributed by atoms with Crippen LogP contribution in [0, 0.1) is 13.8 Å². The fraction of sp³-hybridized carbons (Fsp3) is 0.167. The summed E-state index contributed by atoms with van der Waals surface area (Å²) >= 11 is 0. The molecule has 0 bridgehead atoms. The van der Waals surface area contributed by atoms with E-state index >= 15 is 0 Å². The molecule has 0 radical (unpaired) electrons. The van der Waals surface area contributed by atoms with Crippen molar-refractivity contribution < 1.29 is 4.74 Å². The number of nitrogens with two attached hydrogens (primary N) is 1. The highest BCUT2D eigenvalue weighted by Crippen LogP contribution is 2.24. The van der Waals surface area contributed by atoms with Gasteiger partial charge in [0.2, 0.25) is 5.88 Å². The molecule has 0 saturated carbocycles. The number of aryl methyl sites for hydroxylation is 2. The van der Waals surface area contributed by atoms with Gasteiger partial charge in [0, 0.05) is 11.4 Å². The summed E-state index contributed by atoms with van der Waals surface area (Å²) in [5.74, 6) is 1.06. The highest BCUT2D eigenvalue weighted by atomic mass is 16.5. The lowest BCUT2D eigenvalue weighted by atomic mass is 10.3. The predicted molar refractivity (Wildman–Crippen MR) is 62.4 cm³/mol. The first kappa shape index (κ1) is 10.4. The maximum Gasteiger partial charge on any atom is 0.242 e. The molecule has 0 aliphatic heterocycles. The first-order valence-electron chi connectivity index (χ1n) is 4.99. The van der Waals surface area contributed by atoms with Gasteiger partial charge in [-0.2, -0.15) is 0 Å². The molecule has 2 heterocycles. The lowest BCUT2D eigenvalue weighted by Crippen LogP contribution is -1.96. The van der Waals surface area contributed by atoms with Crippen molar-refractivity contribution in [1.82, 2.24) is 9.97 Å². The summed E-state index contributed by atoms with van der Waals surface area (Å²) in [5.41, 5.74) is 8.09. The summed E-state index contributed by atoms with van der Waals surface area (Å²) in [6, 6.07) is 7.34. The maximum absolute atomic E-state index is 5.76. The average molecular weight is 215 g/mol. The molecule has 82 valence electrons. The van der Waals surface area contributed by atoms with Crippen molar-refractivity contribution >= 4 is 5.69 Å². The molecule has 0 fully saturated rings. The Labute approximate surface area is 94.1 Å². The normalized spacial score (nSPS) is 10.1. The number of nitrogens with zero attached hydrogens (tertiary/aromatic N) is 2. The molecule has 0 aromatic carbocycles. The number of rotatable bonds is 2. The minimum Gasteiger partial charge on any atom is -0.435 e. The third kappa shape index (κ3) is 2.28. The van der Waals surface area contributed by atoms with E-state index < -0.39 is 0 Å². The first-order chi connectivity index (χ1) is 7.65. The van der Waals surface area contributed by atoms with Crippen LogP contribution >= 0.6 is 0 Å². The van der Waals surface area contributed by atoms with Crippen LogP contribution in [0.4, 0.5) is 5.69 Å². The lowest BCUT2D eigenvalue weighted by Gasteiger charge is -2.07. The van der Waals surface area contributed by atoms with Crippen LogP contribution in [-0.2, 0) is 0 Å². The molecule has 4 nitrogen and oxygen atoms in total. The Kier molecular flexibility index (Phi) is 2.72. The van der Waals surface area contributed by atoms with Crippen molar-refractivity contribution in [3.05, 3.63) is 41.9 Å². The van der Waals surface area contributed by atoms with Crippen LogP contribution in [0.1, 0.15) is 11.4 Å². The minimum absolute atomic E-state index is 0.422. The van der Waals surface area contributed by atoms with E-state index in [0.717, 1.165) is 11.4 Å². The Morgan fingerprint density at radius 2 is 1.81 bits per heavy atom. The molecule has 2 rings (SSSR count). The van der Waals surface area contributed by atoms with Gasteiger partial charge < -0.3 is 10.5 Å². The van der Waals surface area contributed by atoms with E-state index in [1.807, 2.05) is 32.0 Å². The van der Waals surface area contributed by atoms with Crippen LogP contribution in [0.3, 0.4) is 0 Å². The monoisotopic (exact) mass is 215 g/mol. The van der Waals surface area contributed by atoms with Gasteiger partial charge in [-0.25, -0.2) is 4.98 Å². The van der Waals surface area contributed by atoms with Crippen LogP contribution in [0.25, 0.3) is 0 Å². The van der Waals surface area contributed by atoms with Gasteiger partial charge in [0.1, 0.15) is 5.75 Å². The zero-order valence-corrected chi connectivity index (χ0v) is 9.27. The molecule has 4 heteroatoms. The smallest absolute Gasteiger partial charge is 0.242 e. The van der Waals surface area contributed by atoms with E-state index in [1.165, 1.54) is 0 Å². The van der Waals surface area contributed by atoms with E-state index in [4.69, 9.17) is 10.5 Å². The van der Waals surface area contributed by atoms with Gasteiger partial charge in [0.25, 0.3) is 0 Å². The Bertz CT molecular complexity index is 494. The molecule has 0 amide bonds. The molecular formula is C12H13N3O. The number of nitrogen functional groups attached to an aromatic ring is 1. The minimum atomic E-state index is 0.422. The molecule has 0 saturated heterocycles. The zero-order valence-electron chi connectivity index (χ0n) is 9.27. The standard InChI is InChI=1S/C12H13N3O/c1-8-3-5-10(7-14-8)16-12-11(13)6-4-9(2)15-12/h3-7H,13H2,1-2H3. The third-order valence-corrected chi connectivity index (χ3v) is 2.13. The second-order valence-corrected chi connectivity index (χ2v) is 3.58. The number of anilines is 1. The molecule has 0 aliphatic rings. The van der Waals surface area contributed by atoms with Crippen LogP contribution in [0.2, 0.25) is 0 Å². The molecule has 2 N–H and O–H groups in total. The highest BCUT2D eigenvalue weighted by Gasteiger charge is 2.04. The summed E-state index contributed by atoms with van der Waals surface area (Å²) in [7, 11) is 0. The maximum atomic E-state index is 5.76. The Morgan fingerprint density at radius 1 is 1.06 bits per heavy atom. The molecule has 2 aromatic rings. The summed E-state index contributed by atoms with van der Waals surface area (Å²) < 4.78 is 5.55. The van der Waals surface area contributed by atoms with Crippen molar-refractivity contribution in [3.8, 4) is 11.6 Å². The fourth-order valence-corrected chi connectivity index (χ4v) is 1.25. The van der Waals surface area contributed by atoms with Crippen molar-refractivity contribution in [1.29, 1.82) is 0 Å². The molecule has 0 unspecified atom stereocenters. The molecule has 0 aliphatic carbocycles. The number of hydrogen-bond donors (Lipinski definition) is 1. The Morgan fingerprint density at radius 3 is 2.50 bits per heavy atom. The second-order valence-electron chi connectivity index (χ2n) is 3.58. The van der Waals surface area contributed by atoms with Gasteiger partial charge in [0.05, 0.1) is 11.9 Å². The van der Waals surface area contributed by atoms with Crippen molar-refractivity contribution in [2.75, 3.05) is 5.73 Å². The number of aromatic nitrogens is 2. The van der Waals surface area contributed by atoms with E-state index in [-0.39, 0.29) is 0 Å². The molecule has 16 heavy (non-hydrogen) atoms. The van der Waals surface area contributed by atoms with Gasteiger partial charge in [0.15, 0.2) is 0 Å². The van der Waals surface area contributed by atoms with Crippen molar-refractivity contribution in [2.24, 2.45) is 0 Å². The van der Waals surface area contributed by atoms with Crippen LogP contribution in [-0.4, -0.2) is 9.97 Å². The van der Waals surface area contributed by atoms with Crippen LogP contribution < -0.4 is 10.5 Å². The van der Waals surface area contributed by atoms with Gasteiger partial charge >= 0.3 is 0 Å². The average Bonchev–Trinajstić information content (AvgIpc) is 2.27. The van der Waals surface area contributed by atoms with Crippen LogP contribution in [0.15, 0.2) is 30.5 Å². The first-order valence-corrected chi connectivity index (χ1v) is 4.99. The predicted octanol–water partition coefficient (Wildman–Crippen LogP) is 2.47. The van der Waals surface area contributed by atoms with E-state index in [1.54, 1.807) is 12.3 Å². The molecule has 2 aromatic heterocycles. The largest absolute Gasteiger partial charge is 0.435 e. The number of ether oxygens (including phenoxy) is 1. The van der Waals surface area contributed by atoms with Gasteiger partial charge in [-0.05, 0) is 38.1 Å². The van der Waals surface area contributed by atoms with Crippen molar-refractivity contribution in [3.63, 3.8) is 0 Å². The quantitative estimate of drug-likeness (QED) is 0.835. The van der Waals surface area contributed by atoms with E-state index in [0.29, 0.717) is 17.3 Å². The Balaban J connectivity index is 2.26. The van der Waals surface area contributed by atoms with Crippen LogP contribution in [0.5, 0.6) is 11.6 Å². The zero-order chi connectivity index (χ0) is 11.5. The van der Waals surface area contributed by atoms with Gasteiger partial charge in [-0.1, -0.05) is 0 Å². The summed E-state index contributed by atoms with van der Waals surface area (Å²) in [6.45, 7) is 3.81. The van der Waals surface area contributed by atoms with Gasteiger partial charge in [-0.3, -0.25) is 4.98 Å². The topological polar surface area (TPSA) is 61.0 Å². The SMILES string of the molecule is Cc1ccc(Oc2nc(C)ccc2N)cn1.